The maximum atomic E-state index is 12.5. The van der Waals surface area contributed by atoms with Crippen molar-refractivity contribution < 1.29 is 14.3 Å². The number of amides is 1. The molecule has 0 unspecified atom stereocenters. The van der Waals surface area contributed by atoms with Gasteiger partial charge in [0, 0.05) is 10.0 Å². The van der Waals surface area contributed by atoms with Crippen LogP contribution in [0.2, 0.25) is 10.0 Å². The van der Waals surface area contributed by atoms with Crippen LogP contribution >= 0.6 is 35.0 Å². The summed E-state index contributed by atoms with van der Waals surface area (Å²) in [6, 6.07) is 18.6. The Bertz CT molecular complexity index is 1270. The van der Waals surface area contributed by atoms with Crippen molar-refractivity contribution in [2.75, 3.05) is 6.61 Å². The molecular formula is C26H22Cl2N2O3S. The van der Waals surface area contributed by atoms with Gasteiger partial charge < -0.3 is 14.8 Å². The quantitative estimate of drug-likeness (QED) is 0.340. The number of aliphatic imine (C=N–C) groups is 1. The first kappa shape index (κ1) is 24.2. The topological polar surface area (TPSA) is 59.9 Å². The normalized spacial score (nSPS) is 15.6. The predicted molar refractivity (Wildman–Crippen MR) is 140 cm³/mol. The second kappa shape index (κ2) is 11.0. The van der Waals surface area contributed by atoms with Crippen LogP contribution in [0.5, 0.6) is 11.5 Å². The average molecular weight is 513 g/mol. The van der Waals surface area contributed by atoms with Gasteiger partial charge in [-0.05, 0) is 84.8 Å². The van der Waals surface area contributed by atoms with Crippen molar-refractivity contribution in [1.82, 2.24) is 5.32 Å². The Morgan fingerprint density at radius 1 is 1.03 bits per heavy atom. The second-order valence-corrected chi connectivity index (χ2v) is 9.29. The van der Waals surface area contributed by atoms with Gasteiger partial charge in [-0.15, -0.1) is 0 Å². The van der Waals surface area contributed by atoms with Crippen molar-refractivity contribution in [1.29, 1.82) is 0 Å². The molecule has 0 aromatic heterocycles. The Kier molecular flexibility index (Phi) is 7.83. The van der Waals surface area contributed by atoms with Crippen molar-refractivity contribution >= 4 is 57.8 Å². The molecule has 1 heterocycles. The van der Waals surface area contributed by atoms with Crippen LogP contribution in [0.4, 0.5) is 5.69 Å². The van der Waals surface area contributed by atoms with E-state index in [4.69, 9.17) is 32.7 Å². The fourth-order valence-corrected chi connectivity index (χ4v) is 4.33. The summed E-state index contributed by atoms with van der Waals surface area (Å²) in [5, 5.41) is 4.63. The van der Waals surface area contributed by atoms with Gasteiger partial charge in [0.2, 0.25) is 0 Å². The molecule has 1 N–H and O–H groups in total. The van der Waals surface area contributed by atoms with Gasteiger partial charge in [-0.1, -0.05) is 47.5 Å². The van der Waals surface area contributed by atoms with E-state index < -0.39 is 0 Å². The van der Waals surface area contributed by atoms with Crippen LogP contribution in [0.15, 0.2) is 70.6 Å². The molecular weight excluding hydrogens is 491 g/mol. The minimum Gasteiger partial charge on any atom is -0.490 e. The van der Waals surface area contributed by atoms with Crippen LogP contribution in [-0.2, 0) is 11.4 Å². The minimum absolute atomic E-state index is 0.204. The highest BCUT2D eigenvalue weighted by Gasteiger charge is 2.24. The number of hydrogen-bond donors (Lipinski definition) is 1. The molecule has 174 valence electrons. The fraction of sp³-hybridized carbons (Fsp3) is 0.154. The molecule has 0 atom stereocenters. The fourth-order valence-electron chi connectivity index (χ4n) is 3.20. The van der Waals surface area contributed by atoms with Gasteiger partial charge in [0.15, 0.2) is 16.7 Å². The number of carbonyl (C=O) groups is 1. The Hall–Kier alpha value is -2.93. The van der Waals surface area contributed by atoms with E-state index in [0.717, 1.165) is 22.4 Å². The highest BCUT2D eigenvalue weighted by molar-refractivity contribution is 8.18. The molecule has 34 heavy (non-hydrogen) atoms. The van der Waals surface area contributed by atoms with Gasteiger partial charge in [0.05, 0.1) is 17.2 Å². The Balaban J connectivity index is 1.52. The van der Waals surface area contributed by atoms with Crippen LogP contribution in [0, 0.1) is 6.92 Å². The average Bonchev–Trinajstić information content (AvgIpc) is 3.16. The molecule has 1 aliphatic heterocycles. The van der Waals surface area contributed by atoms with Crippen molar-refractivity contribution in [3.05, 3.63) is 92.3 Å². The van der Waals surface area contributed by atoms with E-state index in [1.54, 1.807) is 6.08 Å². The molecule has 5 nitrogen and oxygen atoms in total. The molecule has 4 rings (SSSR count). The maximum absolute atomic E-state index is 12.5. The summed E-state index contributed by atoms with van der Waals surface area (Å²) in [5.74, 6) is 1.03. The summed E-state index contributed by atoms with van der Waals surface area (Å²) < 4.78 is 11.7. The number of benzene rings is 3. The van der Waals surface area contributed by atoms with Crippen molar-refractivity contribution in [3.63, 3.8) is 0 Å². The summed E-state index contributed by atoms with van der Waals surface area (Å²) in [6.07, 6.45) is 1.80. The summed E-state index contributed by atoms with van der Waals surface area (Å²) in [7, 11) is 0. The standard InChI is InChI=1S/C26H22Cl2N2O3S/c1-3-32-23-13-18(9-12-22(23)33-15-17-7-10-19(27)11-8-17)14-24-25(31)30-26(34-24)29-21-6-4-5-20(28)16(21)2/h4-14H,3,15H2,1-2H3,(H,29,30,31)/b24-14-. The molecule has 1 amide bonds. The van der Waals surface area contributed by atoms with Gasteiger partial charge in [0.25, 0.3) is 5.91 Å². The van der Waals surface area contributed by atoms with E-state index >= 15 is 0 Å². The van der Waals surface area contributed by atoms with Gasteiger partial charge in [-0.3, -0.25) is 4.79 Å². The van der Waals surface area contributed by atoms with Crippen molar-refractivity contribution in [2.24, 2.45) is 4.99 Å². The molecule has 3 aromatic carbocycles. The molecule has 0 bridgehead atoms. The number of nitrogens with one attached hydrogen (secondary N) is 1. The number of ether oxygens (including phenoxy) is 2. The third-order valence-electron chi connectivity index (χ3n) is 4.98. The largest absolute Gasteiger partial charge is 0.490 e. The summed E-state index contributed by atoms with van der Waals surface area (Å²) in [4.78, 5) is 17.6. The SMILES string of the molecule is CCOc1cc(/C=C2\SC(=Nc3cccc(Cl)c3C)NC2=O)ccc1OCc1ccc(Cl)cc1. The Morgan fingerprint density at radius 3 is 2.59 bits per heavy atom. The zero-order chi connectivity index (χ0) is 24.1. The van der Waals surface area contributed by atoms with Crippen LogP contribution in [-0.4, -0.2) is 17.7 Å². The van der Waals surface area contributed by atoms with Crippen LogP contribution in [0.1, 0.15) is 23.6 Å². The molecule has 0 spiro atoms. The first-order valence-corrected chi connectivity index (χ1v) is 12.2. The molecule has 8 heteroatoms. The summed E-state index contributed by atoms with van der Waals surface area (Å²) in [5.41, 5.74) is 3.40. The van der Waals surface area contributed by atoms with E-state index in [2.05, 4.69) is 10.3 Å². The van der Waals surface area contributed by atoms with Gasteiger partial charge in [-0.2, -0.15) is 0 Å². The number of carbonyl (C=O) groups excluding carboxylic acids is 1. The number of nitrogens with zero attached hydrogens (tertiary/aromatic N) is 1. The lowest BCUT2D eigenvalue weighted by Crippen LogP contribution is -2.19. The van der Waals surface area contributed by atoms with Crippen molar-refractivity contribution in [3.8, 4) is 11.5 Å². The predicted octanol–water partition coefficient (Wildman–Crippen LogP) is 7.17. The molecule has 3 aromatic rings. The number of thioether (sulfide) groups is 1. The number of rotatable bonds is 7. The zero-order valence-electron chi connectivity index (χ0n) is 18.6. The van der Waals surface area contributed by atoms with Gasteiger partial charge in [0.1, 0.15) is 6.61 Å². The molecule has 0 radical (unpaired) electrons. The summed E-state index contributed by atoms with van der Waals surface area (Å²) in [6.45, 7) is 4.68. The lowest BCUT2D eigenvalue weighted by molar-refractivity contribution is -0.115. The molecule has 1 aliphatic rings. The van der Waals surface area contributed by atoms with Crippen LogP contribution in [0.25, 0.3) is 6.08 Å². The first-order chi connectivity index (χ1) is 16.4. The third-order valence-corrected chi connectivity index (χ3v) is 6.56. The van der Waals surface area contributed by atoms with E-state index in [1.807, 2.05) is 74.5 Å². The lowest BCUT2D eigenvalue weighted by Gasteiger charge is -2.13. The molecule has 0 aliphatic carbocycles. The molecule has 1 fully saturated rings. The Morgan fingerprint density at radius 2 is 1.82 bits per heavy atom. The van der Waals surface area contributed by atoms with E-state index in [1.165, 1.54) is 11.8 Å². The van der Waals surface area contributed by atoms with Gasteiger partial charge >= 0.3 is 0 Å². The van der Waals surface area contributed by atoms with Crippen LogP contribution in [0.3, 0.4) is 0 Å². The van der Waals surface area contributed by atoms with E-state index in [-0.39, 0.29) is 5.91 Å². The summed E-state index contributed by atoms with van der Waals surface area (Å²) >= 11 is 13.4. The maximum Gasteiger partial charge on any atom is 0.264 e. The van der Waals surface area contributed by atoms with Crippen LogP contribution < -0.4 is 14.8 Å². The number of halogens is 2. The highest BCUT2D eigenvalue weighted by atomic mass is 35.5. The van der Waals surface area contributed by atoms with Gasteiger partial charge in [-0.25, -0.2) is 4.99 Å². The third kappa shape index (κ3) is 5.95. The smallest absolute Gasteiger partial charge is 0.264 e. The number of hydrogen-bond acceptors (Lipinski definition) is 5. The molecule has 0 saturated carbocycles. The monoisotopic (exact) mass is 512 g/mol. The van der Waals surface area contributed by atoms with E-state index in [9.17, 15) is 4.79 Å². The first-order valence-electron chi connectivity index (χ1n) is 10.6. The van der Waals surface area contributed by atoms with E-state index in [0.29, 0.717) is 44.8 Å². The molecule has 1 saturated heterocycles. The zero-order valence-corrected chi connectivity index (χ0v) is 20.9. The Labute approximate surface area is 212 Å². The highest BCUT2D eigenvalue weighted by Crippen LogP contribution is 2.34. The number of amidine groups is 1. The second-order valence-electron chi connectivity index (χ2n) is 7.42. The lowest BCUT2D eigenvalue weighted by atomic mass is 10.2. The van der Waals surface area contributed by atoms with Crippen molar-refractivity contribution in [2.45, 2.75) is 20.5 Å². The minimum atomic E-state index is -0.204.